The van der Waals surface area contributed by atoms with E-state index in [-0.39, 0.29) is 0 Å². The van der Waals surface area contributed by atoms with Crippen molar-refractivity contribution in [1.29, 1.82) is 0 Å². The van der Waals surface area contributed by atoms with Gasteiger partial charge in [-0.2, -0.15) is 0 Å². The van der Waals surface area contributed by atoms with Gasteiger partial charge in [0.25, 0.3) is 0 Å². The van der Waals surface area contributed by atoms with E-state index in [2.05, 4.69) is 64.1 Å². The van der Waals surface area contributed by atoms with Crippen molar-refractivity contribution in [3.8, 4) is 0 Å². The minimum absolute atomic E-state index is 1.13. The van der Waals surface area contributed by atoms with Crippen molar-refractivity contribution < 1.29 is 0 Å². The molecule has 0 saturated heterocycles. The fourth-order valence-corrected chi connectivity index (χ4v) is 1.41. The van der Waals surface area contributed by atoms with E-state index in [1.54, 1.807) is 0 Å². The molecule has 0 nitrogen and oxygen atoms in total. The normalized spacial score (nSPS) is 13.1. The number of hydrogen-bond acceptors (Lipinski definition) is 0. The van der Waals surface area contributed by atoms with Crippen molar-refractivity contribution in [3.05, 3.63) is 52.6 Å². The lowest BCUT2D eigenvalue weighted by molar-refractivity contribution is 1.07. The van der Waals surface area contributed by atoms with E-state index in [0.29, 0.717) is 0 Å². The number of aryl methyl sites for hydroxylation is 1. The summed E-state index contributed by atoms with van der Waals surface area (Å²) < 4.78 is 0. The van der Waals surface area contributed by atoms with Gasteiger partial charge in [-0.3, -0.25) is 0 Å². The lowest BCUT2D eigenvalue weighted by Crippen LogP contribution is -1.80. The monoisotopic (exact) mass is 200 g/mol. The second-order valence-electron chi connectivity index (χ2n) is 4.01. The minimum Gasteiger partial charge on any atom is -0.0707 e. The first-order chi connectivity index (χ1) is 7.15. The molecule has 0 radical (unpaired) electrons. The van der Waals surface area contributed by atoms with Crippen LogP contribution < -0.4 is 0 Å². The molecule has 0 aliphatic carbocycles. The van der Waals surface area contributed by atoms with Gasteiger partial charge in [0.1, 0.15) is 0 Å². The van der Waals surface area contributed by atoms with Crippen molar-refractivity contribution in [1.82, 2.24) is 0 Å². The molecule has 0 N–H and O–H groups in total. The van der Waals surface area contributed by atoms with Crippen molar-refractivity contribution in [2.45, 2.75) is 34.1 Å². The predicted molar refractivity (Wildman–Crippen MR) is 68.9 cm³/mol. The largest absolute Gasteiger partial charge is 0.0707 e. The fourth-order valence-electron chi connectivity index (χ4n) is 1.41. The summed E-state index contributed by atoms with van der Waals surface area (Å²) in [4.78, 5) is 0. The summed E-state index contributed by atoms with van der Waals surface area (Å²) in [6.07, 6.45) is 5.54. The molecule has 0 aliphatic rings. The van der Waals surface area contributed by atoms with Crippen molar-refractivity contribution in [3.63, 3.8) is 0 Å². The molecule has 80 valence electrons. The predicted octanol–water partition coefficient (Wildman–Crippen LogP) is 4.75. The highest BCUT2D eigenvalue weighted by Crippen LogP contribution is 2.13. The van der Waals surface area contributed by atoms with Gasteiger partial charge >= 0.3 is 0 Å². The van der Waals surface area contributed by atoms with Crippen LogP contribution in [0.4, 0.5) is 0 Å². The Hall–Kier alpha value is -1.30. The first kappa shape index (κ1) is 11.8. The minimum atomic E-state index is 1.13. The van der Waals surface area contributed by atoms with E-state index in [9.17, 15) is 0 Å². The second-order valence-corrected chi connectivity index (χ2v) is 4.01. The molecule has 0 amide bonds. The summed E-state index contributed by atoms with van der Waals surface area (Å²) in [7, 11) is 0. The molecule has 1 aromatic rings. The van der Waals surface area contributed by atoms with Crippen LogP contribution in [-0.4, -0.2) is 0 Å². The Kier molecular flexibility index (Phi) is 4.36. The molecule has 0 spiro atoms. The van der Waals surface area contributed by atoms with E-state index < -0.39 is 0 Å². The smallest absolute Gasteiger partial charge is 0.0227 e. The van der Waals surface area contributed by atoms with Crippen LogP contribution in [0.25, 0.3) is 6.08 Å². The molecule has 0 atom stereocenters. The quantitative estimate of drug-likeness (QED) is 0.617. The van der Waals surface area contributed by atoms with Gasteiger partial charge < -0.3 is 0 Å². The van der Waals surface area contributed by atoms with Crippen LogP contribution in [0.15, 0.2) is 41.5 Å². The molecule has 0 aromatic heterocycles. The average molecular weight is 200 g/mol. The summed E-state index contributed by atoms with van der Waals surface area (Å²) >= 11 is 0. The van der Waals surface area contributed by atoms with E-state index in [0.717, 1.165) is 6.42 Å². The summed E-state index contributed by atoms with van der Waals surface area (Å²) in [5, 5.41) is 0. The molecule has 1 aromatic carbocycles. The Balaban J connectivity index is 2.88. The lowest BCUT2D eigenvalue weighted by Gasteiger charge is -2.01. The molecular formula is C15H20. The third-order valence-corrected chi connectivity index (χ3v) is 2.90. The van der Waals surface area contributed by atoms with Crippen molar-refractivity contribution in [2.75, 3.05) is 0 Å². The van der Waals surface area contributed by atoms with E-state index in [4.69, 9.17) is 0 Å². The zero-order chi connectivity index (χ0) is 11.3. The topological polar surface area (TPSA) is 0 Å². The van der Waals surface area contributed by atoms with Gasteiger partial charge in [0, 0.05) is 0 Å². The maximum Gasteiger partial charge on any atom is -0.0227 e. The molecule has 0 aliphatic heterocycles. The van der Waals surface area contributed by atoms with Crippen molar-refractivity contribution in [2.24, 2.45) is 0 Å². The van der Waals surface area contributed by atoms with Crippen LogP contribution in [0.1, 0.15) is 38.3 Å². The first-order valence-corrected chi connectivity index (χ1v) is 5.55. The molecule has 0 saturated carbocycles. The molecule has 0 heteroatoms. The van der Waals surface area contributed by atoms with Crippen LogP contribution in [0.3, 0.4) is 0 Å². The summed E-state index contributed by atoms with van der Waals surface area (Å²) in [6.45, 7) is 8.71. The van der Waals surface area contributed by atoms with Gasteiger partial charge in [-0.15, -0.1) is 0 Å². The van der Waals surface area contributed by atoms with Crippen molar-refractivity contribution >= 4 is 6.08 Å². The van der Waals surface area contributed by atoms with E-state index >= 15 is 0 Å². The maximum absolute atomic E-state index is 2.21. The van der Waals surface area contributed by atoms with Gasteiger partial charge in [0.05, 0.1) is 0 Å². The van der Waals surface area contributed by atoms with Gasteiger partial charge in [0.15, 0.2) is 0 Å². The summed E-state index contributed by atoms with van der Waals surface area (Å²) in [6, 6.07) is 8.46. The third-order valence-electron chi connectivity index (χ3n) is 2.90. The van der Waals surface area contributed by atoms with Crippen LogP contribution in [-0.2, 0) is 0 Å². The molecule has 0 heterocycles. The molecule has 0 bridgehead atoms. The fraction of sp³-hybridized carbons (Fsp3) is 0.333. The number of allylic oxidation sites excluding steroid dienone is 3. The molecule has 0 unspecified atom stereocenters. The molecule has 15 heavy (non-hydrogen) atoms. The maximum atomic E-state index is 2.21. The highest BCUT2D eigenvalue weighted by Gasteiger charge is 1.92. The lowest BCUT2D eigenvalue weighted by atomic mass is 10.0. The number of hydrogen-bond donors (Lipinski definition) is 0. The van der Waals surface area contributed by atoms with Gasteiger partial charge in [-0.05, 0) is 38.3 Å². The van der Waals surface area contributed by atoms with Gasteiger partial charge in [-0.1, -0.05) is 54.5 Å². The summed E-state index contributed by atoms with van der Waals surface area (Å²) in [5.41, 5.74) is 5.47. The van der Waals surface area contributed by atoms with Crippen LogP contribution >= 0.6 is 0 Å². The highest BCUT2D eigenvalue weighted by atomic mass is 14.0. The molecule has 0 fully saturated rings. The summed E-state index contributed by atoms with van der Waals surface area (Å²) in [5.74, 6) is 0. The Morgan fingerprint density at radius 3 is 2.47 bits per heavy atom. The number of benzene rings is 1. The van der Waals surface area contributed by atoms with Crippen LogP contribution in [0.5, 0.6) is 0 Å². The van der Waals surface area contributed by atoms with Gasteiger partial charge in [0.2, 0.25) is 0 Å². The van der Waals surface area contributed by atoms with E-state index in [1.165, 1.54) is 22.3 Å². The Morgan fingerprint density at radius 2 is 1.87 bits per heavy atom. The average Bonchev–Trinajstić information content (AvgIpc) is 2.26. The Labute approximate surface area is 93.3 Å². The zero-order valence-corrected chi connectivity index (χ0v) is 10.2. The van der Waals surface area contributed by atoms with Gasteiger partial charge in [-0.25, -0.2) is 0 Å². The standard InChI is InChI=1S/C15H20/c1-5-12(2)13(3)10-11-15-9-7-6-8-14(15)4/h6-11H,5H2,1-4H3/b11-10-,13-12-. The second kappa shape index (κ2) is 5.55. The number of rotatable bonds is 3. The zero-order valence-electron chi connectivity index (χ0n) is 10.2. The van der Waals surface area contributed by atoms with Crippen LogP contribution in [0.2, 0.25) is 0 Å². The van der Waals surface area contributed by atoms with E-state index in [1.807, 2.05) is 0 Å². The molecule has 1 rings (SSSR count). The Bertz CT molecular complexity index is 381. The SMILES string of the molecule is CC/C(C)=C(C)\C=C/c1ccccc1C. The highest BCUT2D eigenvalue weighted by molar-refractivity contribution is 5.56. The Morgan fingerprint density at radius 1 is 1.20 bits per heavy atom. The van der Waals surface area contributed by atoms with Crippen LogP contribution in [0, 0.1) is 6.92 Å². The molecular weight excluding hydrogens is 180 g/mol. The third kappa shape index (κ3) is 3.39. The first-order valence-electron chi connectivity index (χ1n) is 5.55.